The Bertz CT molecular complexity index is 634. The van der Waals surface area contributed by atoms with E-state index in [1.165, 1.54) is 4.31 Å². The summed E-state index contributed by atoms with van der Waals surface area (Å²) in [5, 5.41) is 2.55. The molecule has 1 unspecified atom stereocenters. The Morgan fingerprint density at radius 3 is 2.04 bits per heavy atom. The molecule has 0 radical (unpaired) electrons. The molecule has 2 saturated heterocycles. The summed E-state index contributed by atoms with van der Waals surface area (Å²) in [6.07, 6.45) is 4.73. The third-order valence-electron chi connectivity index (χ3n) is 5.77. The molecule has 2 rings (SSSR count). The van der Waals surface area contributed by atoms with Crippen molar-refractivity contribution in [2.45, 2.75) is 77.5 Å². The maximum absolute atomic E-state index is 13.2. The second-order valence-electron chi connectivity index (χ2n) is 8.86. The quantitative estimate of drug-likeness (QED) is 0.689. The number of nitrogens with one attached hydrogen (secondary N) is 1. The van der Waals surface area contributed by atoms with Crippen molar-refractivity contribution in [2.24, 2.45) is 11.8 Å². The molecule has 162 valence electrons. The lowest BCUT2D eigenvalue weighted by molar-refractivity contribution is -0.139. The van der Waals surface area contributed by atoms with Gasteiger partial charge in [-0.15, -0.1) is 0 Å². The van der Waals surface area contributed by atoms with Gasteiger partial charge >= 0.3 is 0 Å². The molecule has 1 atom stereocenters. The van der Waals surface area contributed by atoms with E-state index in [0.717, 1.165) is 32.4 Å². The normalized spacial score (nSPS) is 21.1. The van der Waals surface area contributed by atoms with Gasteiger partial charge in [0.2, 0.25) is 21.8 Å². The molecule has 0 aromatic rings. The number of sulfonamides is 1. The Kier molecular flexibility index (Phi) is 8.30. The van der Waals surface area contributed by atoms with Crippen molar-refractivity contribution in [1.82, 2.24) is 14.5 Å². The van der Waals surface area contributed by atoms with Gasteiger partial charge in [0.15, 0.2) is 0 Å². The summed E-state index contributed by atoms with van der Waals surface area (Å²) in [6.45, 7) is 9.66. The van der Waals surface area contributed by atoms with Crippen molar-refractivity contribution in [1.29, 1.82) is 0 Å². The van der Waals surface area contributed by atoms with Gasteiger partial charge < -0.3 is 10.2 Å². The topological polar surface area (TPSA) is 86.8 Å². The number of likely N-dealkylation sites (tertiary alicyclic amines) is 1. The molecule has 7 nitrogen and oxygen atoms in total. The predicted molar refractivity (Wildman–Crippen MR) is 110 cm³/mol. The molecular weight excluding hydrogens is 378 g/mol. The molecule has 2 aliphatic heterocycles. The fourth-order valence-corrected chi connectivity index (χ4v) is 5.37. The van der Waals surface area contributed by atoms with Crippen LogP contribution in [0.25, 0.3) is 0 Å². The summed E-state index contributed by atoms with van der Waals surface area (Å²) in [7, 11) is -3.28. The van der Waals surface area contributed by atoms with Crippen LogP contribution >= 0.6 is 0 Å². The zero-order valence-corrected chi connectivity index (χ0v) is 18.6. The van der Waals surface area contributed by atoms with Crippen LogP contribution in [0.3, 0.4) is 0 Å². The average molecular weight is 416 g/mol. The number of amides is 2. The molecule has 2 aliphatic rings. The van der Waals surface area contributed by atoms with Gasteiger partial charge in [0.1, 0.15) is 6.04 Å². The lowest BCUT2D eigenvalue weighted by atomic mass is 9.88. The summed E-state index contributed by atoms with van der Waals surface area (Å²) in [5.41, 5.74) is 0. The Morgan fingerprint density at radius 2 is 1.54 bits per heavy atom. The first-order valence-electron chi connectivity index (χ1n) is 10.7. The van der Waals surface area contributed by atoms with E-state index in [9.17, 15) is 18.0 Å². The Hall–Kier alpha value is -1.15. The van der Waals surface area contributed by atoms with Crippen molar-refractivity contribution in [3.8, 4) is 0 Å². The summed E-state index contributed by atoms with van der Waals surface area (Å²) < 4.78 is 26.4. The molecule has 0 spiro atoms. The summed E-state index contributed by atoms with van der Waals surface area (Å²) in [6, 6.07) is -0.548. The third-order valence-corrected chi connectivity index (χ3v) is 8.05. The highest BCUT2D eigenvalue weighted by molar-refractivity contribution is 7.89. The monoisotopic (exact) mass is 415 g/mol. The maximum atomic E-state index is 13.2. The highest BCUT2D eigenvalue weighted by Gasteiger charge is 2.38. The van der Waals surface area contributed by atoms with Gasteiger partial charge in [-0.3, -0.25) is 9.59 Å². The van der Waals surface area contributed by atoms with Gasteiger partial charge in [-0.25, -0.2) is 12.7 Å². The van der Waals surface area contributed by atoms with E-state index < -0.39 is 21.3 Å². The number of rotatable bonds is 7. The molecule has 2 fully saturated rings. The van der Waals surface area contributed by atoms with E-state index in [4.69, 9.17) is 0 Å². The molecule has 0 bridgehead atoms. The molecular formula is C20H37N3O4S. The van der Waals surface area contributed by atoms with Gasteiger partial charge in [0, 0.05) is 32.6 Å². The molecule has 0 saturated carbocycles. The van der Waals surface area contributed by atoms with Gasteiger partial charge in [-0.05, 0) is 57.8 Å². The Balaban J connectivity index is 2.08. The number of hydrogen-bond donors (Lipinski definition) is 1. The first-order chi connectivity index (χ1) is 13.1. The first kappa shape index (κ1) is 23.1. The van der Waals surface area contributed by atoms with Crippen molar-refractivity contribution >= 4 is 21.8 Å². The molecule has 2 heterocycles. The van der Waals surface area contributed by atoms with Crippen LogP contribution < -0.4 is 5.32 Å². The molecule has 0 aromatic heterocycles. The van der Waals surface area contributed by atoms with Crippen molar-refractivity contribution in [3.63, 3.8) is 0 Å². The number of carbonyl (C=O) groups excluding carboxylic acids is 2. The summed E-state index contributed by atoms with van der Waals surface area (Å²) >= 11 is 0. The van der Waals surface area contributed by atoms with Crippen LogP contribution in [0.2, 0.25) is 0 Å². The summed E-state index contributed by atoms with van der Waals surface area (Å²) in [4.78, 5) is 27.5. The number of carbonyl (C=O) groups is 2. The largest absolute Gasteiger partial charge is 0.344 e. The van der Waals surface area contributed by atoms with Crippen LogP contribution in [0.1, 0.15) is 66.2 Å². The smallest absolute Gasteiger partial charge is 0.245 e. The highest BCUT2D eigenvalue weighted by Crippen LogP contribution is 2.26. The van der Waals surface area contributed by atoms with Crippen LogP contribution in [-0.2, 0) is 19.6 Å². The van der Waals surface area contributed by atoms with E-state index in [1.54, 1.807) is 13.8 Å². The van der Waals surface area contributed by atoms with Crippen molar-refractivity contribution in [2.75, 3.05) is 26.2 Å². The predicted octanol–water partition coefficient (Wildman–Crippen LogP) is 1.98. The van der Waals surface area contributed by atoms with Gasteiger partial charge in [0.05, 0.1) is 5.25 Å². The second kappa shape index (κ2) is 10.1. The minimum atomic E-state index is -3.28. The van der Waals surface area contributed by atoms with Crippen LogP contribution in [-0.4, -0.2) is 66.9 Å². The average Bonchev–Trinajstić information content (AvgIpc) is 2.65. The van der Waals surface area contributed by atoms with E-state index in [-0.39, 0.29) is 23.7 Å². The molecule has 8 heteroatoms. The standard InChI is InChI=1S/C20H37N3O4S/c1-15(2)14-18(24)21-19(20(25)22-10-6-5-7-11-22)17-8-12-23(13-9-17)28(26,27)16(3)4/h15-17,19H,5-14H2,1-4H3,(H,21,24). The lowest BCUT2D eigenvalue weighted by Crippen LogP contribution is -2.55. The third kappa shape index (κ3) is 5.92. The Labute approximate surface area is 170 Å². The summed E-state index contributed by atoms with van der Waals surface area (Å²) in [5.74, 6) is 0.109. The second-order valence-corrected chi connectivity index (χ2v) is 11.3. The van der Waals surface area contributed by atoms with Crippen molar-refractivity contribution in [3.05, 3.63) is 0 Å². The number of nitrogens with zero attached hydrogens (tertiary/aromatic N) is 2. The van der Waals surface area contributed by atoms with Gasteiger partial charge in [0.25, 0.3) is 0 Å². The molecule has 0 aromatic carbocycles. The minimum Gasteiger partial charge on any atom is -0.344 e. The van der Waals surface area contributed by atoms with Crippen LogP contribution in [0.5, 0.6) is 0 Å². The molecule has 28 heavy (non-hydrogen) atoms. The molecule has 2 amide bonds. The van der Waals surface area contributed by atoms with E-state index in [2.05, 4.69) is 5.32 Å². The molecule has 1 N–H and O–H groups in total. The SMILES string of the molecule is CC(C)CC(=O)NC(C(=O)N1CCCCC1)C1CCN(S(=O)(=O)C(C)C)CC1. The fourth-order valence-electron chi connectivity index (χ4n) is 4.06. The number of piperidine rings is 2. The van der Waals surface area contributed by atoms with E-state index >= 15 is 0 Å². The Morgan fingerprint density at radius 1 is 0.964 bits per heavy atom. The van der Waals surface area contributed by atoms with Gasteiger partial charge in [-0.1, -0.05) is 13.8 Å². The number of hydrogen-bond acceptors (Lipinski definition) is 4. The maximum Gasteiger partial charge on any atom is 0.245 e. The van der Waals surface area contributed by atoms with Crippen molar-refractivity contribution < 1.29 is 18.0 Å². The van der Waals surface area contributed by atoms with Gasteiger partial charge in [-0.2, -0.15) is 0 Å². The van der Waals surface area contributed by atoms with Crippen LogP contribution in [0, 0.1) is 11.8 Å². The van der Waals surface area contributed by atoms with E-state index in [0.29, 0.717) is 32.4 Å². The molecule has 0 aliphatic carbocycles. The highest BCUT2D eigenvalue weighted by atomic mass is 32.2. The van der Waals surface area contributed by atoms with Crippen LogP contribution in [0.4, 0.5) is 0 Å². The lowest BCUT2D eigenvalue weighted by Gasteiger charge is -2.38. The fraction of sp³-hybridized carbons (Fsp3) is 0.900. The minimum absolute atomic E-state index is 0.00183. The zero-order chi connectivity index (χ0) is 20.9. The van der Waals surface area contributed by atoms with Crippen LogP contribution in [0.15, 0.2) is 0 Å². The zero-order valence-electron chi connectivity index (χ0n) is 17.8. The van der Waals surface area contributed by atoms with E-state index in [1.807, 2.05) is 18.7 Å². The first-order valence-corrected chi connectivity index (χ1v) is 12.2.